The molecule has 0 aromatic heterocycles. The standard InChI is InChI=1S/C23H29NO4/c1-15(2)28-19-8-6-7-17(13-19)20(25)14-24-22(27)21(26)16-9-11-18(12-10-16)23(3,4)5/h6-13,15,20,25H,14H2,1-5H3,(H,24,27). The number of aliphatic hydroxyl groups is 1. The van der Waals surface area contributed by atoms with Crippen LogP contribution in [-0.4, -0.2) is 29.4 Å². The second kappa shape index (κ2) is 9.02. The highest BCUT2D eigenvalue weighted by atomic mass is 16.5. The Labute approximate surface area is 166 Å². The number of rotatable bonds is 7. The number of ether oxygens (including phenoxy) is 1. The Morgan fingerprint density at radius 3 is 2.29 bits per heavy atom. The summed E-state index contributed by atoms with van der Waals surface area (Å²) in [5.74, 6) is -0.713. The van der Waals surface area contributed by atoms with E-state index < -0.39 is 17.8 Å². The molecular weight excluding hydrogens is 354 g/mol. The third-order valence-electron chi connectivity index (χ3n) is 4.29. The zero-order valence-electron chi connectivity index (χ0n) is 17.2. The first-order valence-corrected chi connectivity index (χ1v) is 9.45. The molecule has 150 valence electrons. The van der Waals surface area contributed by atoms with E-state index in [4.69, 9.17) is 4.74 Å². The van der Waals surface area contributed by atoms with Crippen molar-refractivity contribution >= 4 is 11.7 Å². The SMILES string of the molecule is CC(C)Oc1cccc(C(O)CNC(=O)C(=O)c2ccc(C(C)(C)C)cc2)c1. The van der Waals surface area contributed by atoms with Crippen LogP contribution in [0.25, 0.3) is 0 Å². The molecule has 0 fully saturated rings. The summed E-state index contributed by atoms with van der Waals surface area (Å²) in [5.41, 5.74) is 2.00. The zero-order chi connectivity index (χ0) is 20.9. The number of carbonyl (C=O) groups is 2. The summed E-state index contributed by atoms with van der Waals surface area (Å²) < 4.78 is 5.61. The first-order valence-electron chi connectivity index (χ1n) is 9.45. The number of carbonyl (C=O) groups excluding carboxylic acids is 2. The summed E-state index contributed by atoms with van der Waals surface area (Å²) in [6.07, 6.45) is -0.912. The van der Waals surface area contributed by atoms with E-state index >= 15 is 0 Å². The fourth-order valence-corrected chi connectivity index (χ4v) is 2.71. The number of hydrogen-bond acceptors (Lipinski definition) is 4. The molecule has 0 spiro atoms. The summed E-state index contributed by atoms with van der Waals surface area (Å²) in [6.45, 7) is 10.0. The quantitative estimate of drug-likeness (QED) is 0.563. The van der Waals surface area contributed by atoms with E-state index in [1.807, 2.05) is 26.0 Å². The Morgan fingerprint density at radius 2 is 1.71 bits per heavy atom. The average molecular weight is 383 g/mol. The highest BCUT2D eigenvalue weighted by molar-refractivity contribution is 6.42. The van der Waals surface area contributed by atoms with Gasteiger partial charge in [0.2, 0.25) is 5.78 Å². The minimum Gasteiger partial charge on any atom is -0.491 e. The molecule has 2 aromatic carbocycles. The largest absolute Gasteiger partial charge is 0.491 e. The Kier molecular flexibility index (Phi) is 6.97. The van der Waals surface area contributed by atoms with Gasteiger partial charge in [0.1, 0.15) is 5.75 Å². The first kappa shape index (κ1) is 21.6. The van der Waals surface area contributed by atoms with E-state index in [1.165, 1.54) is 0 Å². The molecule has 0 aliphatic rings. The van der Waals surface area contributed by atoms with Crippen LogP contribution in [0.4, 0.5) is 0 Å². The number of ketones is 1. The van der Waals surface area contributed by atoms with Crippen LogP contribution in [-0.2, 0) is 10.2 Å². The summed E-state index contributed by atoms with van der Waals surface area (Å²) in [6, 6.07) is 14.1. The Balaban J connectivity index is 1.96. The van der Waals surface area contributed by atoms with Crippen LogP contribution < -0.4 is 10.1 Å². The second-order valence-electron chi connectivity index (χ2n) is 8.12. The van der Waals surface area contributed by atoms with Crippen molar-refractivity contribution in [2.45, 2.75) is 52.2 Å². The molecule has 5 heteroatoms. The molecule has 1 amide bonds. The lowest BCUT2D eigenvalue weighted by Gasteiger charge is -2.19. The van der Waals surface area contributed by atoms with Crippen molar-refractivity contribution in [2.24, 2.45) is 0 Å². The van der Waals surface area contributed by atoms with Crippen LogP contribution >= 0.6 is 0 Å². The van der Waals surface area contributed by atoms with Gasteiger partial charge in [-0.15, -0.1) is 0 Å². The molecular formula is C23H29NO4. The average Bonchev–Trinajstić information content (AvgIpc) is 2.64. The molecule has 2 rings (SSSR count). The molecule has 5 nitrogen and oxygen atoms in total. The Morgan fingerprint density at radius 1 is 1.07 bits per heavy atom. The maximum atomic E-state index is 12.3. The summed E-state index contributed by atoms with van der Waals surface area (Å²) in [4.78, 5) is 24.5. The van der Waals surface area contributed by atoms with Crippen LogP contribution in [0.5, 0.6) is 5.75 Å². The lowest BCUT2D eigenvalue weighted by Crippen LogP contribution is -2.34. The maximum absolute atomic E-state index is 12.3. The lowest BCUT2D eigenvalue weighted by atomic mass is 9.86. The molecule has 0 bridgehead atoms. The van der Waals surface area contributed by atoms with Gasteiger partial charge in [0.15, 0.2) is 0 Å². The van der Waals surface area contributed by atoms with Crippen LogP contribution in [0, 0.1) is 0 Å². The van der Waals surface area contributed by atoms with Crippen LogP contribution in [0.2, 0.25) is 0 Å². The van der Waals surface area contributed by atoms with Gasteiger partial charge in [-0.2, -0.15) is 0 Å². The smallest absolute Gasteiger partial charge is 0.292 e. The van der Waals surface area contributed by atoms with Crippen molar-refractivity contribution in [1.29, 1.82) is 0 Å². The van der Waals surface area contributed by atoms with Gasteiger partial charge in [0.25, 0.3) is 5.91 Å². The topological polar surface area (TPSA) is 75.6 Å². The molecule has 2 N–H and O–H groups in total. The summed E-state index contributed by atoms with van der Waals surface area (Å²) in [7, 11) is 0. The van der Waals surface area contributed by atoms with Gasteiger partial charge in [0, 0.05) is 12.1 Å². The van der Waals surface area contributed by atoms with E-state index in [2.05, 4.69) is 26.1 Å². The highest BCUT2D eigenvalue weighted by Gasteiger charge is 2.19. The van der Waals surface area contributed by atoms with Gasteiger partial charge in [-0.25, -0.2) is 0 Å². The second-order valence-corrected chi connectivity index (χ2v) is 8.12. The zero-order valence-corrected chi connectivity index (χ0v) is 17.2. The van der Waals surface area contributed by atoms with E-state index in [9.17, 15) is 14.7 Å². The molecule has 1 atom stereocenters. The van der Waals surface area contributed by atoms with Gasteiger partial charge < -0.3 is 15.2 Å². The van der Waals surface area contributed by atoms with Crippen molar-refractivity contribution < 1.29 is 19.4 Å². The lowest BCUT2D eigenvalue weighted by molar-refractivity contribution is -0.117. The van der Waals surface area contributed by atoms with Crippen LogP contribution in [0.3, 0.4) is 0 Å². The van der Waals surface area contributed by atoms with Crippen LogP contribution in [0.15, 0.2) is 48.5 Å². The van der Waals surface area contributed by atoms with E-state index in [0.717, 1.165) is 5.56 Å². The van der Waals surface area contributed by atoms with Gasteiger partial charge in [0.05, 0.1) is 12.2 Å². The Hall–Kier alpha value is -2.66. The number of Topliss-reactive ketones (excluding diaryl/α,β-unsaturated/α-hetero) is 1. The van der Waals surface area contributed by atoms with Crippen molar-refractivity contribution in [2.75, 3.05) is 6.54 Å². The van der Waals surface area contributed by atoms with Crippen LogP contribution in [0.1, 0.15) is 62.2 Å². The molecule has 0 saturated heterocycles. The fraction of sp³-hybridized carbons (Fsp3) is 0.391. The number of aliphatic hydroxyl groups excluding tert-OH is 1. The van der Waals surface area contributed by atoms with Crippen molar-refractivity contribution in [3.8, 4) is 5.75 Å². The number of hydrogen-bond donors (Lipinski definition) is 2. The molecule has 0 aliphatic heterocycles. The molecule has 1 unspecified atom stereocenters. The van der Waals surface area contributed by atoms with Crippen molar-refractivity contribution in [3.05, 3.63) is 65.2 Å². The fourth-order valence-electron chi connectivity index (χ4n) is 2.71. The van der Waals surface area contributed by atoms with Gasteiger partial charge in [-0.1, -0.05) is 57.2 Å². The summed E-state index contributed by atoms with van der Waals surface area (Å²) >= 11 is 0. The monoisotopic (exact) mass is 383 g/mol. The van der Waals surface area contributed by atoms with Crippen molar-refractivity contribution in [1.82, 2.24) is 5.32 Å². The minimum atomic E-state index is -0.935. The van der Waals surface area contributed by atoms with E-state index in [0.29, 0.717) is 16.9 Å². The molecule has 28 heavy (non-hydrogen) atoms. The van der Waals surface area contributed by atoms with Gasteiger partial charge in [-0.05, 0) is 42.5 Å². The third-order valence-corrected chi connectivity index (χ3v) is 4.29. The van der Waals surface area contributed by atoms with Gasteiger partial charge in [-0.3, -0.25) is 9.59 Å². The predicted molar refractivity (Wildman–Crippen MR) is 110 cm³/mol. The van der Waals surface area contributed by atoms with Gasteiger partial charge >= 0.3 is 0 Å². The molecule has 0 heterocycles. The van der Waals surface area contributed by atoms with Crippen molar-refractivity contribution in [3.63, 3.8) is 0 Å². The normalized spacial score (nSPS) is 12.5. The predicted octanol–water partition coefficient (Wildman–Crippen LogP) is 3.80. The first-order chi connectivity index (χ1) is 13.1. The maximum Gasteiger partial charge on any atom is 0.292 e. The summed E-state index contributed by atoms with van der Waals surface area (Å²) in [5, 5.41) is 12.8. The number of amides is 1. The van der Waals surface area contributed by atoms with E-state index in [1.54, 1.807) is 36.4 Å². The molecule has 0 saturated carbocycles. The highest BCUT2D eigenvalue weighted by Crippen LogP contribution is 2.22. The molecule has 2 aromatic rings. The number of nitrogens with one attached hydrogen (secondary N) is 1. The third kappa shape index (κ3) is 5.92. The Bertz CT molecular complexity index is 819. The molecule has 0 aliphatic carbocycles. The van der Waals surface area contributed by atoms with E-state index in [-0.39, 0.29) is 18.1 Å². The molecule has 0 radical (unpaired) electrons. The number of benzene rings is 2. The minimum absolute atomic E-state index is 0.0226.